The molecule has 2 aromatic carbocycles. The van der Waals surface area contributed by atoms with Crippen molar-refractivity contribution in [1.29, 1.82) is 0 Å². The number of aliphatic hydroxyl groups excluding tert-OH is 1. The molecular formula is C27H30N4O2. The topological polar surface area (TPSA) is 63.3 Å². The fourth-order valence-corrected chi connectivity index (χ4v) is 4.84. The van der Waals surface area contributed by atoms with Crippen LogP contribution in [0.4, 0.5) is 0 Å². The van der Waals surface area contributed by atoms with E-state index in [9.17, 15) is 9.90 Å². The van der Waals surface area contributed by atoms with Crippen molar-refractivity contribution in [2.75, 3.05) is 19.7 Å². The number of likely N-dealkylation sites (tertiary alicyclic amines) is 1. The second kappa shape index (κ2) is 9.73. The van der Waals surface area contributed by atoms with Crippen LogP contribution in [0.1, 0.15) is 24.0 Å². The Morgan fingerprint density at radius 1 is 0.970 bits per heavy atom. The maximum Gasteiger partial charge on any atom is 0.255 e. The van der Waals surface area contributed by atoms with Crippen LogP contribution in [0.25, 0.3) is 16.6 Å². The lowest BCUT2D eigenvalue weighted by molar-refractivity contribution is 0.154. The summed E-state index contributed by atoms with van der Waals surface area (Å²) in [5.74, 6) is 0. The fourth-order valence-electron chi connectivity index (χ4n) is 4.84. The number of aryl methyl sites for hydroxylation is 2. The Hall–Kier alpha value is -3.22. The largest absolute Gasteiger partial charge is 0.395 e. The van der Waals surface area contributed by atoms with Crippen LogP contribution < -0.4 is 5.56 Å². The van der Waals surface area contributed by atoms with Crippen molar-refractivity contribution >= 4 is 10.9 Å². The molecule has 1 N–H and O–H groups in total. The molecule has 0 amide bonds. The van der Waals surface area contributed by atoms with Gasteiger partial charge in [-0.3, -0.25) is 18.9 Å². The van der Waals surface area contributed by atoms with E-state index in [1.165, 1.54) is 5.56 Å². The maximum atomic E-state index is 12.8. The summed E-state index contributed by atoms with van der Waals surface area (Å²) in [4.78, 5) is 15.2. The molecule has 33 heavy (non-hydrogen) atoms. The van der Waals surface area contributed by atoms with E-state index in [2.05, 4.69) is 22.1 Å². The van der Waals surface area contributed by atoms with Gasteiger partial charge in [0, 0.05) is 35.9 Å². The van der Waals surface area contributed by atoms with Crippen molar-refractivity contribution in [3.05, 3.63) is 94.5 Å². The molecule has 0 spiro atoms. The molecule has 1 saturated heterocycles. The van der Waals surface area contributed by atoms with Gasteiger partial charge in [0.25, 0.3) is 5.56 Å². The van der Waals surface area contributed by atoms with Crippen molar-refractivity contribution in [1.82, 2.24) is 19.2 Å². The van der Waals surface area contributed by atoms with E-state index in [0.29, 0.717) is 0 Å². The molecule has 2 aromatic heterocycles. The van der Waals surface area contributed by atoms with Crippen LogP contribution in [0.15, 0.2) is 77.9 Å². The first-order valence-electron chi connectivity index (χ1n) is 11.8. The first kappa shape index (κ1) is 21.6. The van der Waals surface area contributed by atoms with Gasteiger partial charge in [-0.25, -0.2) is 0 Å². The summed E-state index contributed by atoms with van der Waals surface area (Å²) in [5.41, 5.74) is 4.22. The quantitative estimate of drug-likeness (QED) is 0.454. The summed E-state index contributed by atoms with van der Waals surface area (Å²) in [6.07, 6.45) is 7.72. The normalized spacial score (nSPS) is 16.6. The molecule has 170 valence electrons. The smallest absolute Gasteiger partial charge is 0.255 e. The Labute approximate surface area is 193 Å². The van der Waals surface area contributed by atoms with Crippen LogP contribution in [-0.2, 0) is 19.4 Å². The van der Waals surface area contributed by atoms with Crippen LogP contribution in [0, 0.1) is 0 Å². The van der Waals surface area contributed by atoms with E-state index >= 15 is 0 Å². The number of benzene rings is 2. The van der Waals surface area contributed by atoms with Gasteiger partial charge in [0.15, 0.2) is 0 Å². The molecule has 0 radical (unpaired) electrons. The molecule has 4 aromatic rings. The number of fused-ring (bicyclic) bond motifs is 1. The van der Waals surface area contributed by atoms with E-state index in [1.54, 1.807) is 10.6 Å². The lowest BCUT2D eigenvalue weighted by atomic mass is 10.1. The summed E-state index contributed by atoms with van der Waals surface area (Å²) in [6.45, 7) is 2.94. The Morgan fingerprint density at radius 3 is 2.64 bits per heavy atom. The highest BCUT2D eigenvalue weighted by atomic mass is 16.3. The van der Waals surface area contributed by atoms with Gasteiger partial charge in [-0.15, -0.1) is 0 Å². The van der Waals surface area contributed by atoms with E-state index in [1.807, 2.05) is 59.5 Å². The molecule has 0 bridgehead atoms. The molecule has 1 fully saturated rings. The standard InChI is InChI=1S/C27H30N4O2/c32-20-25-7-4-13-29(25)15-16-31-26-11-10-24(18-23(26)19-28-31)30-14-12-22(17-27(30)33)9-8-21-5-2-1-3-6-21/h1-3,5-6,10-12,14,17-19,25,32H,4,7-9,13,15-16,20H2. The van der Waals surface area contributed by atoms with Crippen molar-refractivity contribution in [2.45, 2.75) is 38.3 Å². The van der Waals surface area contributed by atoms with E-state index < -0.39 is 0 Å². The minimum Gasteiger partial charge on any atom is -0.395 e. The van der Waals surface area contributed by atoms with E-state index in [4.69, 9.17) is 0 Å². The predicted octanol–water partition coefficient (Wildman–Crippen LogP) is 3.43. The highest BCUT2D eigenvalue weighted by Crippen LogP contribution is 2.20. The van der Waals surface area contributed by atoms with Crippen molar-refractivity contribution in [3.63, 3.8) is 0 Å². The molecule has 1 unspecified atom stereocenters. The zero-order chi connectivity index (χ0) is 22.6. The Bertz CT molecular complexity index is 1280. The summed E-state index contributed by atoms with van der Waals surface area (Å²) < 4.78 is 3.71. The van der Waals surface area contributed by atoms with Crippen LogP contribution in [0.3, 0.4) is 0 Å². The molecule has 5 rings (SSSR count). The first-order valence-corrected chi connectivity index (χ1v) is 11.8. The number of rotatable bonds is 8. The first-order chi connectivity index (χ1) is 16.2. The fraction of sp³-hybridized carbons (Fsp3) is 0.333. The van der Waals surface area contributed by atoms with Gasteiger partial charge in [-0.05, 0) is 67.6 Å². The van der Waals surface area contributed by atoms with Crippen LogP contribution >= 0.6 is 0 Å². The number of aromatic nitrogens is 3. The molecular weight excluding hydrogens is 412 g/mol. The van der Waals surface area contributed by atoms with Crippen molar-refractivity contribution < 1.29 is 5.11 Å². The molecule has 0 aliphatic carbocycles. The Balaban J connectivity index is 1.29. The van der Waals surface area contributed by atoms with E-state index in [-0.39, 0.29) is 18.2 Å². The summed E-state index contributed by atoms with van der Waals surface area (Å²) in [7, 11) is 0. The van der Waals surface area contributed by atoms with E-state index in [0.717, 1.165) is 67.5 Å². The van der Waals surface area contributed by atoms with Gasteiger partial charge in [-0.2, -0.15) is 5.10 Å². The highest BCUT2D eigenvalue weighted by molar-refractivity contribution is 5.80. The SMILES string of the molecule is O=c1cc(CCc2ccccc2)ccn1-c1ccc2c(cnn2CCN2CCCC2CO)c1. The lowest BCUT2D eigenvalue weighted by Gasteiger charge is -2.22. The minimum atomic E-state index is -0.0172. The zero-order valence-corrected chi connectivity index (χ0v) is 18.8. The molecule has 6 nitrogen and oxygen atoms in total. The maximum absolute atomic E-state index is 12.8. The number of nitrogens with zero attached hydrogens (tertiary/aromatic N) is 4. The molecule has 1 aliphatic rings. The molecule has 1 atom stereocenters. The number of pyridine rings is 1. The van der Waals surface area contributed by atoms with Gasteiger partial charge >= 0.3 is 0 Å². The van der Waals surface area contributed by atoms with Crippen LogP contribution in [-0.4, -0.2) is 50.1 Å². The third-order valence-corrected chi connectivity index (χ3v) is 6.74. The minimum absolute atomic E-state index is 0.0172. The Kier molecular flexibility index (Phi) is 6.37. The summed E-state index contributed by atoms with van der Waals surface area (Å²) >= 11 is 0. The average molecular weight is 443 g/mol. The average Bonchev–Trinajstić information content (AvgIpc) is 3.48. The second-order valence-electron chi connectivity index (χ2n) is 8.85. The van der Waals surface area contributed by atoms with Gasteiger partial charge in [0.1, 0.15) is 0 Å². The number of aliphatic hydroxyl groups is 1. The summed E-state index contributed by atoms with van der Waals surface area (Å²) in [5, 5.41) is 15.1. The lowest BCUT2D eigenvalue weighted by Crippen LogP contribution is -2.34. The monoisotopic (exact) mass is 442 g/mol. The molecule has 0 saturated carbocycles. The number of hydrogen-bond donors (Lipinski definition) is 1. The van der Waals surface area contributed by atoms with Crippen molar-refractivity contribution in [3.8, 4) is 5.69 Å². The third-order valence-electron chi connectivity index (χ3n) is 6.74. The van der Waals surface area contributed by atoms with Crippen molar-refractivity contribution in [2.24, 2.45) is 0 Å². The van der Waals surface area contributed by atoms with Crippen LogP contribution in [0.2, 0.25) is 0 Å². The summed E-state index contributed by atoms with van der Waals surface area (Å²) in [6, 6.07) is 20.4. The second-order valence-corrected chi connectivity index (χ2v) is 8.85. The molecule has 3 heterocycles. The molecule has 6 heteroatoms. The molecule has 1 aliphatic heterocycles. The third kappa shape index (κ3) is 4.77. The highest BCUT2D eigenvalue weighted by Gasteiger charge is 2.23. The predicted molar refractivity (Wildman–Crippen MR) is 131 cm³/mol. The Morgan fingerprint density at radius 2 is 1.82 bits per heavy atom. The van der Waals surface area contributed by atoms with Crippen LogP contribution in [0.5, 0.6) is 0 Å². The van der Waals surface area contributed by atoms with Gasteiger partial charge in [0.05, 0.1) is 24.9 Å². The number of hydrogen-bond acceptors (Lipinski definition) is 4. The van der Waals surface area contributed by atoms with Gasteiger partial charge in [0.2, 0.25) is 0 Å². The van der Waals surface area contributed by atoms with Gasteiger partial charge < -0.3 is 5.11 Å². The zero-order valence-electron chi connectivity index (χ0n) is 18.8. The van der Waals surface area contributed by atoms with Gasteiger partial charge in [-0.1, -0.05) is 30.3 Å².